The predicted molar refractivity (Wildman–Crippen MR) is 95.3 cm³/mol. The predicted octanol–water partition coefficient (Wildman–Crippen LogP) is 2.89. The number of morpholine rings is 1. The number of hydrogen-bond acceptors (Lipinski definition) is 4. The summed E-state index contributed by atoms with van der Waals surface area (Å²) in [4.78, 5) is 12.4. The number of carbonyl (C=O) groups excluding carboxylic acids is 1. The molecular formula is C17H15ClF2N2O4S. The molecule has 0 atom stereocenters. The minimum absolute atomic E-state index is 0.0106. The van der Waals surface area contributed by atoms with Crippen LogP contribution in [0, 0.1) is 11.6 Å². The van der Waals surface area contributed by atoms with Crippen LogP contribution in [-0.2, 0) is 14.8 Å². The zero-order chi connectivity index (χ0) is 19.6. The van der Waals surface area contributed by atoms with Crippen molar-refractivity contribution >= 4 is 33.2 Å². The molecule has 1 aliphatic heterocycles. The van der Waals surface area contributed by atoms with Crippen LogP contribution in [0.5, 0.6) is 0 Å². The minimum Gasteiger partial charge on any atom is -0.379 e. The third-order valence-electron chi connectivity index (χ3n) is 3.97. The van der Waals surface area contributed by atoms with E-state index in [2.05, 4.69) is 5.32 Å². The SMILES string of the molecule is O=C(Nc1ccc(F)c(F)c1)c1cc(S(=O)(=O)N2CCOCC2)ccc1Cl. The molecule has 1 heterocycles. The maximum atomic E-state index is 13.3. The maximum Gasteiger partial charge on any atom is 0.257 e. The fraction of sp³-hybridized carbons (Fsp3) is 0.235. The van der Waals surface area contributed by atoms with Gasteiger partial charge in [0.15, 0.2) is 11.6 Å². The molecule has 0 unspecified atom stereocenters. The number of amides is 1. The highest BCUT2D eigenvalue weighted by Crippen LogP contribution is 2.25. The molecule has 27 heavy (non-hydrogen) atoms. The Labute approximate surface area is 159 Å². The van der Waals surface area contributed by atoms with Gasteiger partial charge in [0.25, 0.3) is 5.91 Å². The number of benzene rings is 2. The normalized spacial score (nSPS) is 15.5. The first-order chi connectivity index (χ1) is 12.8. The molecule has 144 valence electrons. The molecule has 1 saturated heterocycles. The van der Waals surface area contributed by atoms with E-state index in [1.165, 1.54) is 22.5 Å². The lowest BCUT2D eigenvalue weighted by molar-refractivity contribution is 0.0730. The van der Waals surface area contributed by atoms with Crippen molar-refractivity contribution < 1.29 is 26.7 Å². The molecule has 10 heteroatoms. The van der Waals surface area contributed by atoms with Crippen LogP contribution >= 0.6 is 11.6 Å². The van der Waals surface area contributed by atoms with E-state index in [4.69, 9.17) is 16.3 Å². The van der Waals surface area contributed by atoms with Crippen molar-refractivity contribution in [3.05, 3.63) is 58.6 Å². The van der Waals surface area contributed by atoms with Gasteiger partial charge in [-0.3, -0.25) is 4.79 Å². The van der Waals surface area contributed by atoms with Gasteiger partial charge < -0.3 is 10.1 Å². The summed E-state index contributed by atoms with van der Waals surface area (Å²) in [5.41, 5.74) is -0.0906. The molecule has 0 aromatic heterocycles. The minimum atomic E-state index is -3.81. The number of anilines is 1. The van der Waals surface area contributed by atoms with Gasteiger partial charge in [-0.1, -0.05) is 11.6 Å². The number of nitrogens with zero attached hydrogens (tertiary/aromatic N) is 1. The van der Waals surface area contributed by atoms with Crippen LogP contribution in [0.1, 0.15) is 10.4 Å². The molecule has 2 aromatic rings. The van der Waals surface area contributed by atoms with Crippen molar-refractivity contribution in [2.45, 2.75) is 4.90 Å². The molecule has 1 aliphatic rings. The van der Waals surface area contributed by atoms with E-state index in [9.17, 15) is 22.0 Å². The Kier molecular flexibility index (Phi) is 5.75. The van der Waals surface area contributed by atoms with Crippen molar-refractivity contribution in [1.29, 1.82) is 0 Å². The third kappa shape index (κ3) is 4.27. The zero-order valence-corrected chi connectivity index (χ0v) is 15.5. The molecule has 1 amide bonds. The number of carbonyl (C=O) groups is 1. The molecule has 1 N–H and O–H groups in total. The molecule has 0 bridgehead atoms. The number of sulfonamides is 1. The van der Waals surface area contributed by atoms with Crippen molar-refractivity contribution in [1.82, 2.24) is 4.31 Å². The van der Waals surface area contributed by atoms with Crippen LogP contribution in [0.25, 0.3) is 0 Å². The number of nitrogens with one attached hydrogen (secondary N) is 1. The molecular weight excluding hydrogens is 402 g/mol. The summed E-state index contributed by atoms with van der Waals surface area (Å²) in [5.74, 6) is -2.92. The second kappa shape index (κ2) is 7.89. The summed E-state index contributed by atoms with van der Waals surface area (Å²) in [6, 6.07) is 6.62. The Morgan fingerprint density at radius 3 is 2.44 bits per heavy atom. The van der Waals surface area contributed by atoms with E-state index in [1.54, 1.807) is 0 Å². The molecule has 0 spiro atoms. The summed E-state index contributed by atoms with van der Waals surface area (Å²) in [7, 11) is -3.81. The van der Waals surface area contributed by atoms with Gasteiger partial charge in [0.05, 0.1) is 28.7 Å². The second-order valence-corrected chi connectivity index (χ2v) is 8.09. The van der Waals surface area contributed by atoms with Crippen molar-refractivity contribution in [2.24, 2.45) is 0 Å². The lowest BCUT2D eigenvalue weighted by Crippen LogP contribution is -2.40. The Balaban J connectivity index is 1.88. The number of ether oxygens (including phenoxy) is 1. The maximum absolute atomic E-state index is 13.3. The fourth-order valence-electron chi connectivity index (χ4n) is 2.55. The highest BCUT2D eigenvalue weighted by atomic mass is 35.5. The van der Waals surface area contributed by atoms with Crippen LogP contribution in [0.4, 0.5) is 14.5 Å². The van der Waals surface area contributed by atoms with Gasteiger partial charge in [-0.15, -0.1) is 0 Å². The average molecular weight is 417 g/mol. The van der Waals surface area contributed by atoms with Crippen molar-refractivity contribution in [3.8, 4) is 0 Å². The smallest absolute Gasteiger partial charge is 0.257 e. The summed E-state index contributed by atoms with van der Waals surface area (Å²) in [6.07, 6.45) is 0. The van der Waals surface area contributed by atoms with Crippen LogP contribution in [0.15, 0.2) is 41.3 Å². The summed E-state index contributed by atoms with van der Waals surface area (Å²) >= 11 is 6.03. The molecule has 2 aromatic carbocycles. The van der Waals surface area contributed by atoms with E-state index >= 15 is 0 Å². The molecule has 6 nitrogen and oxygen atoms in total. The second-order valence-electron chi connectivity index (χ2n) is 5.74. The van der Waals surface area contributed by atoms with E-state index < -0.39 is 27.6 Å². The summed E-state index contributed by atoms with van der Waals surface area (Å²) in [6.45, 7) is 0.995. The molecule has 1 fully saturated rings. The van der Waals surface area contributed by atoms with E-state index in [-0.39, 0.29) is 47.5 Å². The first-order valence-corrected chi connectivity index (χ1v) is 9.75. The van der Waals surface area contributed by atoms with E-state index in [0.717, 1.165) is 18.2 Å². The van der Waals surface area contributed by atoms with Crippen LogP contribution in [-0.4, -0.2) is 44.9 Å². The Morgan fingerprint density at radius 2 is 1.78 bits per heavy atom. The lowest BCUT2D eigenvalue weighted by Gasteiger charge is -2.26. The summed E-state index contributed by atoms with van der Waals surface area (Å²) < 4.78 is 58.1. The first-order valence-electron chi connectivity index (χ1n) is 7.93. The molecule has 0 aliphatic carbocycles. The van der Waals surface area contributed by atoms with E-state index in [0.29, 0.717) is 0 Å². The summed E-state index contributed by atoms with van der Waals surface area (Å²) in [5, 5.41) is 2.39. The number of rotatable bonds is 4. The number of halogens is 3. The van der Waals surface area contributed by atoms with Gasteiger partial charge in [-0.2, -0.15) is 4.31 Å². The molecule has 0 radical (unpaired) electrons. The molecule has 0 saturated carbocycles. The Morgan fingerprint density at radius 1 is 1.07 bits per heavy atom. The third-order valence-corrected chi connectivity index (χ3v) is 6.19. The topological polar surface area (TPSA) is 75.7 Å². The highest BCUT2D eigenvalue weighted by molar-refractivity contribution is 7.89. The monoisotopic (exact) mass is 416 g/mol. The van der Waals surface area contributed by atoms with Gasteiger partial charge in [-0.05, 0) is 30.3 Å². The Hall–Kier alpha value is -2.07. The van der Waals surface area contributed by atoms with Crippen LogP contribution in [0.3, 0.4) is 0 Å². The largest absolute Gasteiger partial charge is 0.379 e. The molecule has 3 rings (SSSR count). The van der Waals surface area contributed by atoms with Crippen LogP contribution < -0.4 is 5.32 Å². The van der Waals surface area contributed by atoms with E-state index in [1.807, 2.05) is 0 Å². The average Bonchev–Trinajstić information content (AvgIpc) is 2.65. The number of hydrogen-bond donors (Lipinski definition) is 1. The van der Waals surface area contributed by atoms with Gasteiger partial charge in [0, 0.05) is 24.8 Å². The van der Waals surface area contributed by atoms with Crippen molar-refractivity contribution in [3.63, 3.8) is 0 Å². The fourth-order valence-corrected chi connectivity index (χ4v) is 4.19. The van der Waals surface area contributed by atoms with Crippen molar-refractivity contribution in [2.75, 3.05) is 31.6 Å². The van der Waals surface area contributed by atoms with Gasteiger partial charge >= 0.3 is 0 Å². The van der Waals surface area contributed by atoms with Gasteiger partial charge in [-0.25, -0.2) is 17.2 Å². The zero-order valence-electron chi connectivity index (χ0n) is 13.9. The quantitative estimate of drug-likeness (QED) is 0.831. The van der Waals surface area contributed by atoms with Crippen LogP contribution in [0.2, 0.25) is 5.02 Å². The van der Waals surface area contributed by atoms with Gasteiger partial charge in [0.2, 0.25) is 10.0 Å². The Bertz CT molecular complexity index is 979. The van der Waals surface area contributed by atoms with Gasteiger partial charge in [0.1, 0.15) is 0 Å². The highest BCUT2D eigenvalue weighted by Gasteiger charge is 2.27. The lowest BCUT2D eigenvalue weighted by atomic mass is 10.2. The first kappa shape index (κ1) is 19.7. The standard InChI is InChI=1S/C17H15ClF2N2O4S/c18-14-3-2-12(27(24,25)22-5-7-26-8-6-22)10-13(14)17(23)21-11-1-4-15(19)16(20)9-11/h1-4,9-10H,5-8H2,(H,21,23).